The van der Waals surface area contributed by atoms with Crippen LogP contribution in [0, 0.1) is 0 Å². The predicted octanol–water partition coefficient (Wildman–Crippen LogP) is 2.38. The van der Waals surface area contributed by atoms with Gasteiger partial charge in [0, 0.05) is 12.6 Å². The number of hydrogen-bond donors (Lipinski definition) is 2. The summed E-state index contributed by atoms with van der Waals surface area (Å²) >= 11 is 0. The van der Waals surface area contributed by atoms with Crippen LogP contribution in [0.5, 0.6) is 11.5 Å². The lowest BCUT2D eigenvalue weighted by molar-refractivity contribution is 0.171. The molecule has 6 heteroatoms. The average Bonchev–Trinajstić information content (AvgIpc) is 2.63. The molecular formula is C18H29N3O3. The van der Waals surface area contributed by atoms with E-state index in [1.54, 1.807) is 0 Å². The van der Waals surface area contributed by atoms with Crippen LogP contribution in [-0.4, -0.2) is 50.3 Å². The van der Waals surface area contributed by atoms with Gasteiger partial charge in [-0.15, -0.1) is 0 Å². The van der Waals surface area contributed by atoms with Gasteiger partial charge in [0.25, 0.3) is 0 Å². The normalized spacial score (nSPS) is 17.5. The van der Waals surface area contributed by atoms with Crippen molar-refractivity contribution in [2.24, 2.45) is 0 Å². The molecule has 0 aromatic heterocycles. The van der Waals surface area contributed by atoms with Crippen LogP contribution < -0.4 is 20.1 Å². The van der Waals surface area contributed by atoms with Gasteiger partial charge in [0.05, 0.1) is 0 Å². The molecule has 0 spiro atoms. The lowest BCUT2D eigenvalue weighted by Crippen LogP contribution is -2.46. The SMILES string of the molecule is CC.CN1CCC(NC(=O)NCc2ccc3c(c2)OCCO3)CC1. The van der Waals surface area contributed by atoms with Crippen molar-refractivity contribution in [2.75, 3.05) is 33.4 Å². The molecule has 2 N–H and O–H groups in total. The van der Waals surface area contributed by atoms with Crippen LogP contribution in [0.15, 0.2) is 18.2 Å². The number of nitrogens with one attached hydrogen (secondary N) is 2. The summed E-state index contributed by atoms with van der Waals surface area (Å²) in [5.74, 6) is 1.52. The number of urea groups is 1. The van der Waals surface area contributed by atoms with E-state index in [0.29, 0.717) is 19.8 Å². The van der Waals surface area contributed by atoms with E-state index in [0.717, 1.165) is 43.0 Å². The number of nitrogens with zero attached hydrogens (tertiary/aromatic N) is 1. The minimum absolute atomic E-state index is 0.107. The Labute approximate surface area is 144 Å². The molecule has 24 heavy (non-hydrogen) atoms. The second kappa shape index (κ2) is 9.37. The van der Waals surface area contributed by atoms with Gasteiger partial charge in [-0.05, 0) is 50.7 Å². The number of hydrogen-bond acceptors (Lipinski definition) is 4. The average molecular weight is 335 g/mol. The highest BCUT2D eigenvalue weighted by Gasteiger charge is 2.18. The first-order valence-corrected chi connectivity index (χ1v) is 8.82. The lowest BCUT2D eigenvalue weighted by atomic mass is 10.1. The van der Waals surface area contributed by atoms with Gasteiger partial charge < -0.3 is 25.0 Å². The summed E-state index contributed by atoms with van der Waals surface area (Å²) in [6.07, 6.45) is 2.02. The minimum atomic E-state index is -0.107. The smallest absolute Gasteiger partial charge is 0.315 e. The molecule has 2 aliphatic rings. The molecule has 1 aromatic rings. The molecule has 2 amide bonds. The molecule has 2 heterocycles. The zero-order chi connectivity index (χ0) is 17.4. The van der Waals surface area contributed by atoms with Crippen LogP contribution >= 0.6 is 0 Å². The van der Waals surface area contributed by atoms with E-state index in [1.165, 1.54) is 0 Å². The summed E-state index contributed by atoms with van der Waals surface area (Å²) in [6, 6.07) is 5.93. The van der Waals surface area contributed by atoms with Gasteiger partial charge in [0.15, 0.2) is 11.5 Å². The quantitative estimate of drug-likeness (QED) is 0.890. The molecule has 134 valence electrons. The molecule has 0 atom stereocenters. The van der Waals surface area contributed by atoms with E-state index in [-0.39, 0.29) is 12.1 Å². The van der Waals surface area contributed by atoms with Crippen molar-refractivity contribution in [2.45, 2.75) is 39.3 Å². The number of benzene rings is 1. The van der Waals surface area contributed by atoms with E-state index in [1.807, 2.05) is 32.0 Å². The lowest BCUT2D eigenvalue weighted by Gasteiger charge is -2.29. The third-order valence-electron chi connectivity index (χ3n) is 4.11. The summed E-state index contributed by atoms with van der Waals surface area (Å²) in [7, 11) is 2.11. The zero-order valence-electron chi connectivity index (χ0n) is 14.9. The van der Waals surface area contributed by atoms with Crippen molar-refractivity contribution in [3.63, 3.8) is 0 Å². The second-order valence-corrected chi connectivity index (χ2v) is 5.88. The number of piperidine rings is 1. The van der Waals surface area contributed by atoms with Gasteiger partial charge >= 0.3 is 6.03 Å². The van der Waals surface area contributed by atoms with Crippen LogP contribution in [0.1, 0.15) is 32.3 Å². The largest absolute Gasteiger partial charge is 0.486 e. The predicted molar refractivity (Wildman–Crippen MR) is 94.7 cm³/mol. The highest BCUT2D eigenvalue weighted by atomic mass is 16.6. The summed E-state index contributed by atoms with van der Waals surface area (Å²) in [5, 5.41) is 5.94. The van der Waals surface area contributed by atoms with Crippen LogP contribution in [0.2, 0.25) is 0 Å². The highest BCUT2D eigenvalue weighted by Crippen LogP contribution is 2.30. The molecule has 6 nitrogen and oxygen atoms in total. The maximum atomic E-state index is 12.0. The van der Waals surface area contributed by atoms with Crippen LogP contribution in [0.25, 0.3) is 0 Å². The maximum absolute atomic E-state index is 12.0. The van der Waals surface area contributed by atoms with Crippen LogP contribution in [0.3, 0.4) is 0 Å². The second-order valence-electron chi connectivity index (χ2n) is 5.88. The Morgan fingerprint density at radius 1 is 1.17 bits per heavy atom. The molecule has 0 unspecified atom stereocenters. The first kappa shape index (κ1) is 18.4. The molecule has 2 aliphatic heterocycles. The van der Waals surface area contributed by atoms with E-state index in [2.05, 4.69) is 22.6 Å². The third kappa shape index (κ3) is 5.30. The fraction of sp³-hybridized carbons (Fsp3) is 0.611. The van der Waals surface area contributed by atoms with Crippen molar-refractivity contribution in [3.8, 4) is 11.5 Å². The van der Waals surface area contributed by atoms with Gasteiger partial charge in [-0.2, -0.15) is 0 Å². The molecule has 1 aromatic carbocycles. The third-order valence-corrected chi connectivity index (χ3v) is 4.11. The fourth-order valence-corrected chi connectivity index (χ4v) is 2.77. The summed E-state index contributed by atoms with van der Waals surface area (Å²) in [6.45, 7) is 7.71. The number of carbonyl (C=O) groups is 1. The van der Waals surface area contributed by atoms with Crippen molar-refractivity contribution in [3.05, 3.63) is 23.8 Å². The van der Waals surface area contributed by atoms with Crippen molar-refractivity contribution < 1.29 is 14.3 Å². The Balaban J connectivity index is 0.00000100. The zero-order valence-corrected chi connectivity index (χ0v) is 14.9. The first-order valence-electron chi connectivity index (χ1n) is 8.82. The number of carbonyl (C=O) groups excluding carboxylic acids is 1. The van der Waals surface area contributed by atoms with Gasteiger partial charge in [0.1, 0.15) is 13.2 Å². The standard InChI is InChI=1S/C16H23N3O3.C2H6/c1-19-6-4-13(5-7-19)18-16(20)17-11-12-2-3-14-15(10-12)22-9-8-21-14;1-2/h2-3,10,13H,4-9,11H2,1H3,(H2,17,18,20);1-2H3. The molecule has 1 saturated heterocycles. The maximum Gasteiger partial charge on any atom is 0.315 e. The van der Waals surface area contributed by atoms with E-state index >= 15 is 0 Å². The van der Waals surface area contributed by atoms with Crippen LogP contribution in [0.4, 0.5) is 4.79 Å². The van der Waals surface area contributed by atoms with Crippen molar-refractivity contribution in [1.29, 1.82) is 0 Å². The number of ether oxygens (including phenoxy) is 2. The van der Waals surface area contributed by atoms with Gasteiger partial charge in [-0.25, -0.2) is 4.79 Å². The summed E-state index contributed by atoms with van der Waals surface area (Å²) in [4.78, 5) is 14.2. The molecule has 0 bridgehead atoms. The molecule has 1 fully saturated rings. The van der Waals surface area contributed by atoms with E-state index in [4.69, 9.17) is 9.47 Å². The first-order chi connectivity index (χ1) is 11.7. The Hall–Kier alpha value is -1.95. The van der Waals surface area contributed by atoms with E-state index in [9.17, 15) is 4.79 Å². The molecule has 0 aliphatic carbocycles. The van der Waals surface area contributed by atoms with Crippen molar-refractivity contribution in [1.82, 2.24) is 15.5 Å². The molecular weight excluding hydrogens is 306 g/mol. The number of likely N-dealkylation sites (tertiary alicyclic amines) is 1. The number of rotatable bonds is 3. The van der Waals surface area contributed by atoms with Gasteiger partial charge in [0.2, 0.25) is 0 Å². The number of amides is 2. The Kier molecular flexibility index (Phi) is 7.18. The minimum Gasteiger partial charge on any atom is -0.486 e. The summed E-state index contributed by atoms with van der Waals surface area (Å²) in [5.41, 5.74) is 1.00. The topological polar surface area (TPSA) is 62.8 Å². The fourth-order valence-electron chi connectivity index (χ4n) is 2.77. The molecule has 0 radical (unpaired) electrons. The Morgan fingerprint density at radius 3 is 2.54 bits per heavy atom. The monoisotopic (exact) mass is 335 g/mol. The highest BCUT2D eigenvalue weighted by molar-refractivity contribution is 5.74. The Bertz CT molecular complexity index is 528. The van der Waals surface area contributed by atoms with Gasteiger partial charge in [-0.3, -0.25) is 0 Å². The van der Waals surface area contributed by atoms with Crippen LogP contribution in [-0.2, 0) is 6.54 Å². The van der Waals surface area contributed by atoms with Gasteiger partial charge in [-0.1, -0.05) is 19.9 Å². The Morgan fingerprint density at radius 2 is 1.83 bits per heavy atom. The van der Waals surface area contributed by atoms with E-state index < -0.39 is 0 Å². The van der Waals surface area contributed by atoms with Crippen molar-refractivity contribution >= 4 is 6.03 Å². The molecule has 3 rings (SSSR count). The molecule has 0 saturated carbocycles. The summed E-state index contributed by atoms with van der Waals surface area (Å²) < 4.78 is 11.0. The number of fused-ring (bicyclic) bond motifs is 1.